The van der Waals surface area contributed by atoms with Gasteiger partial charge in [0.1, 0.15) is 18.1 Å². The molecule has 0 atom stereocenters. The quantitative estimate of drug-likeness (QED) is 0.173. The number of urea groups is 1. The minimum atomic E-state index is -0.658. The van der Waals surface area contributed by atoms with Crippen molar-refractivity contribution in [3.63, 3.8) is 0 Å². The summed E-state index contributed by atoms with van der Waals surface area (Å²) in [6.07, 6.45) is 1.53. The van der Waals surface area contributed by atoms with E-state index >= 15 is 0 Å². The lowest BCUT2D eigenvalue weighted by atomic mass is 10.1. The number of benzene rings is 2. The largest absolute Gasteiger partial charge is 0.493 e. The molecule has 1 saturated heterocycles. The van der Waals surface area contributed by atoms with Crippen LogP contribution in [0.2, 0.25) is 0 Å². The highest BCUT2D eigenvalue weighted by atomic mass is 127. The first-order valence-corrected chi connectivity index (χ1v) is 11.9. The normalized spacial score (nSPS) is 13.9. The fourth-order valence-electron chi connectivity index (χ4n) is 3.58. The van der Waals surface area contributed by atoms with Crippen LogP contribution in [0, 0.1) is 14.9 Å². The zero-order valence-corrected chi connectivity index (χ0v) is 21.9. The van der Waals surface area contributed by atoms with Crippen molar-refractivity contribution in [2.24, 2.45) is 0 Å². The number of nitrogens with one attached hydrogen (secondary N) is 1. The molecule has 1 aliphatic rings. The maximum atomic E-state index is 12.9. The first kappa shape index (κ1) is 25.8. The van der Waals surface area contributed by atoms with Crippen LogP contribution in [0.3, 0.4) is 0 Å². The second-order valence-corrected chi connectivity index (χ2v) is 8.89. The number of carbonyl (C=O) groups is 3. The highest BCUT2D eigenvalue weighted by molar-refractivity contribution is 14.1. The predicted molar refractivity (Wildman–Crippen MR) is 138 cm³/mol. The number of rotatable bonds is 8. The van der Waals surface area contributed by atoms with Crippen LogP contribution in [0.15, 0.2) is 58.6 Å². The Morgan fingerprint density at radius 2 is 1.97 bits per heavy atom. The number of nitrogens with zero attached hydrogens (tertiary/aromatic N) is 2. The number of hydrogen-bond acceptors (Lipinski definition) is 8. The van der Waals surface area contributed by atoms with Crippen LogP contribution in [0.25, 0.3) is 6.08 Å². The smallest absolute Gasteiger partial charge is 0.373 e. The van der Waals surface area contributed by atoms with Crippen LogP contribution >= 0.6 is 22.6 Å². The third kappa shape index (κ3) is 5.59. The van der Waals surface area contributed by atoms with Crippen molar-refractivity contribution >= 4 is 46.6 Å². The second-order valence-electron chi connectivity index (χ2n) is 7.73. The molecule has 3 amide bonds. The fraction of sp³-hybridized carbons (Fsp3) is 0.154. The molecule has 1 N–H and O–H groups in total. The van der Waals surface area contributed by atoms with Gasteiger partial charge in [0, 0.05) is 5.56 Å². The molecule has 1 aliphatic heterocycles. The highest BCUT2D eigenvalue weighted by Gasteiger charge is 2.34. The fourth-order valence-corrected chi connectivity index (χ4v) is 4.36. The summed E-state index contributed by atoms with van der Waals surface area (Å²) in [5.41, 5.74) is 1.93. The molecule has 0 aliphatic carbocycles. The average Bonchev–Trinajstić information content (AvgIpc) is 3.47. The van der Waals surface area contributed by atoms with Gasteiger partial charge in [0.25, 0.3) is 5.91 Å². The van der Waals surface area contributed by atoms with Gasteiger partial charge in [-0.15, -0.1) is 0 Å². The molecular weight excluding hydrogens is 593 g/mol. The molecule has 2 heterocycles. The number of halogens is 1. The molecule has 0 unspecified atom stereocenters. The van der Waals surface area contributed by atoms with Crippen LogP contribution < -0.4 is 14.8 Å². The summed E-state index contributed by atoms with van der Waals surface area (Å²) >= 11 is 2.09. The molecule has 1 fully saturated rings. The molecule has 4 rings (SSSR count). The Labute approximate surface area is 225 Å². The van der Waals surface area contributed by atoms with Crippen LogP contribution in [-0.4, -0.2) is 37.0 Å². The van der Waals surface area contributed by atoms with Crippen LogP contribution in [-0.2, 0) is 22.7 Å². The monoisotopic (exact) mass is 613 g/mol. The van der Waals surface area contributed by atoms with Crippen molar-refractivity contribution < 1.29 is 33.0 Å². The van der Waals surface area contributed by atoms with Gasteiger partial charge in [-0.1, -0.05) is 18.2 Å². The Hall–Kier alpha value is -4.31. The number of ether oxygens (including phenoxy) is 3. The molecule has 10 nitrogen and oxygen atoms in total. The summed E-state index contributed by atoms with van der Waals surface area (Å²) in [5, 5.41) is 11.8. The number of methoxy groups -OCH3 is 2. The van der Waals surface area contributed by atoms with E-state index in [1.807, 2.05) is 12.1 Å². The minimum absolute atomic E-state index is 0.0274. The number of amides is 3. The minimum Gasteiger partial charge on any atom is -0.493 e. The second kappa shape index (κ2) is 11.2. The molecular formula is C26H20IN3O7. The van der Waals surface area contributed by atoms with Gasteiger partial charge in [0.15, 0.2) is 11.5 Å². The molecule has 0 saturated carbocycles. The zero-order valence-electron chi connectivity index (χ0n) is 19.7. The zero-order chi connectivity index (χ0) is 26.5. The van der Waals surface area contributed by atoms with Gasteiger partial charge in [0.2, 0.25) is 5.76 Å². The number of nitriles is 1. The Bertz CT molecular complexity index is 1450. The van der Waals surface area contributed by atoms with E-state index in [1.54, 1.807) is 24.3 Å². The Balaban J connectivity index is 1.52. The van der Waals surface area contributed by atoms with E-state index in [4.69, 9.17) is 13.9 Å². The molecule has 37 heavy (non-hydrogen) atoms. The SMILES string of the molecule is COC(=O)c1ccc(CN2C(=O)N/C(=C\c3cc(I)c(OCc4ccccc4C#N)c(OC)c3)C2=O)o1. The first-order chi connectivity index (χ1) is 17.8. The highest BCUT2D eigenvalue weighted by Crippen LogP contribution is 2.35. The first-order valence-electron chi connectivity index (χ1n) is 10.8. The van der Waals surface area contributed by atoms with E-state index in [1.165, 1.54) is 32.4 Å². The van der Waals surface area contributed by atoms with Gasteiger partial charge in [-0.2, -0.15) is 5.26 Å². The Kier molecular flexibility index (Phi) is 7.78. The maximum Gasteiger partial charge on any atom is 0.373 e. The average molecular weight is 613 g/mol. The standard InChI is InChI=1S/C26H20IN3O7/c1-34-22-11-15(9-19(27)23(22)36-14-17-6-4-3-5-16(17)12-28)10-20-24(31)30(26(33)29-20)13-18-7-8-21(37-18)25(32)35-2/h3-11H,13-14H2,1-2H3,(H,29,33)/b20-10-. The lowest BCUT2D eigenvalue weighted by molar-refractivity contribution is -0.123. The van der Waals surface area contributed by atoms with Gasteiger partial charge in [-0.3, -0.25) is 9.69 Å². The van der Waals surface area contributed by atoms with Gasteiger partial charge in [-0.25, -0.2) is 9.59 Å². The molecule has 2 aromatic carbocycles. The number of hydrogen-bond donors (Lipinski definition) is 1. The van der Waals surface area contributed by atoms with Gasteiger partial charge < -0.3 is 23.9 Å². The Morgan fingerprint density at radius 3 is 2.70 bits per heavy atom. The predicted octanol–water partition coefficient (Wildman–Crippen LogP) is 4.22. The van der Waals surface area contributed by atoms with E-state index in [0.717, 1.165) is 10.5 Å². The van der Waals surface area contributed by atoms with E-state index in [2.05, 4.69) is 38.7 Å². The van der Waals surface area contributed by atoms with Crippen molar-refractivity contribution in [3.05, 3.63) is 86.0 Å². The lowest BCUT2D eigenvalue weighted by Gasteiger charge is -2.14. The van der Waals surface area contributed by atoms with Crippen LogP contribution in [0.5, 0.6) is 11.5 Å². The van der Waals surface area contributed by atoms with Crippen molar-refractivity contribution in [1.29, 1.82) is 5.26 Å². The van der Waals surface area contributed by atoms with Crippen molar-refractivity contribution in [2.45, 2.75) is 13.2 Å². The summed E-state index contributed by atoms with van der Waals surface area (Å²) in [5.74, 6) is -0.0765. The molecule has 11 heteroatoms. The van der Waals surface area contributed by atoms with Crippen LogP contribution in [0.1, 0.15) is 33.0 Å². The third-order valence-electron chi connectivity index (χ3n) is 5.40. The molecule has 0 bridgehead atoms. The number of furan rings is 1. The van der Waals surface area contributed by atoms with E-state index in [-0.39, 0.29) is 30.4 Å². The summed E-state index contributed by atoms with van der Waals surface area (Å²) in [6.45, 7) is 0.0152. The summed E-state index contributed by atoms with van der Waals surface area (Å²) < 4.78 is 22.1. The molecule has 188 valence electrons. The lowest BCUT2D eigenvalue weighted by Crippen LogP contribution is -2.30. The van der Waals surface area contributed by atoms with Gasteiger partial charge >= 0.3 is 12.0 Å². The molecule has 0 radical (unpaired) electrons. The summed E-state index contributed by atoms with van der Waals surface area (Å²) in [7, 11) is 2.72. The van der Waals surface area contributed by atoms with E-state index in [0.29, 0.717) is 26.2 Å². The molecule has 1 aromatic heterocycles. The van der Waals surface area contributed by atoms with Crippen LogP contribution in [0.4, 0.5) is 4.79 Å². The number of esters is 1. The number of carbonyl (C=O) groups excluding carboxylic acids is 3. The maximum absolute atomic E-state index is 12.9. The molecule has 3 aromatic rings. The number of imide groups is 1. The Morgan fingerprint density at radius 1 is 1.19 bits per heavy atom. The van der Waals surface area contributed by atoms with E-state index in [9.17, 15) is 19.6 Å². The summed E-state index contributed by atoms with van der Waals surface area (Å²) in [4.78, 5) is 37.9. The van der Waals surface area contributed by atoms with Gasteiger partial charge in [0.05, 0.1) is 36.0 Å². The topological polar surface area (TPSA) is 131 Å². The summed E-state index contributed by atoms with van der Waals surface area (Å²) in [6, 6.07) is 15.0. The van der Waals surface area contributed by atoms with Crippen molar-refractivity contribution in [1.82, 2.24) is 10.2 Å². The van der Waals surface area contributed by atoms with E-state index < -0.39 is 17.9 Å². The third-order valence-corrected chi connectivity index (χ3v) is 6.20. The van der Waals surface area contributed by atoms with Gasteiger partial charge in [-0.05, 0) is 64.6 Å². The van der Waals surface area contributed by atoms with Crippen molar-refractivity contribution in [2.75, 3.05) is 14.2 Å². The molecule has 0 spiro atoms. The van der Waals surface area contributed by atoms with Crippen molar-refractivity contribution in [3.8, 4) is 17.6 Å².